The number of likely N-dealkylation sites (tertiary alicyclic amines) is 1. The number of carboxylic acids is 1. The Kier molecular flexibility index (Phi) is 5.56. The summed E-state index contributed by atoms with van der Waals surface area (Å²) in [6.45, 7) is 1.31. The number of piperidine rings is 1. The highest BCUT2D eigenvalue weighted by Gasteiger charge is 2.33. The Balaban J connectivity index is 1.45. The quantitative estimate of drug-likeness (QED) is 0.907. The van der Waals surface area contributed by atoms with Gasteiger partial charge in [-0.15, -0.1) is 0 Å². The molecule has 0 radical (unpaired) electrons. The molecule has 1 saturated heterocycles. The molecule has 25 heavy (non-hydrogen) atoms. The van der Waals surface area contributed by atoms with Crippen molar-refractivity contribution >= 4 is 11.9 Å². The SMILES string of the molecule is O=C(O)C1CCC(C(=O)N2CCC(Oc3ccc(F)cc3)CC2)CC1. The van der Waals surface area contributed by atoms with Crippen LogP contribution in [0.3, 0.4) is 0 Å². The molecule has 1 heterocycles. The van der Waals surface area contributed by atoms with Gasteiger partial charge in [-0.3, -0.25) is 9.59 Å². The lowest BCUT2D eigenvalue weighted by atomic mass is 9.81. The van der Waals surface area contributed by atoms with Gasteiger partial charge in [0.05, 0.1) is 5.92 Å². The lowest BCUT2D eigenvalue weighted by molar-refractivity contribution is -0.146. The molecule has 0 atom stereocenters. The molecule has 1 aliphatic heterocycles. The summed E-state index contributed by atoms with van der Waals surface area (Å²) in [6.07, 6.45) is 4.08. The summed E-state index contributed by atoms with van der Waals surface area (Å²) in [5.74, 6) is -0.554. The minimum Gasteiger partial charge on any atom is -0.490 e. The minimum atomic E-state index is -0.746. The first kappa shape index (κ1) is 17.7. The van der Waals surface area contributed by atoms with Gasteiger partial charge in [-0.25, -0.2) is 4.39 Å². The van der Waals surface area contributed by atoms with Gasteiger partial charge in [0.1, 0.15) is 17.7 Å². The standard InChI is InChI=1S/C19H24FNO4/c20-15-5-7-16(8-6-15)25-17-9-11-21(12-10-17)18(22)13-1-3-14(4-2-13)19(23)24/h5-8,13-14,17H,1-4,9-12H2,(H,23,24). The smallest absolute Gasteiger partial charge is 0.306 e. The van der Waals surface area contributed by atoms with Crippen LogP contribution in [0.1, 0.15) is 38.5 Å². The van der Waals surface area contributed by atoms with Gasteiger partial charge in [0.15, 0.2) is 0 Å². The highest BCUT2D eigenvalue weighted by molar-refractivity contribution is 5.79. The zero-order valence-electron chi connectivity index (χ0n) is 14.2. The normalized spacial score (nSPS) is 24.8. The van der Waals surface area contributed by atoms with Crippen molar-refractivity contribution in [1.82, 2.24) is 4.90 Å². The maximum absolute atomic E-state index is 12.9. The summed E-state index contributed by atoms with van der Waals surface area (Å²) in [4.78, 5) is 25.5. The molecule has 1 amide bonds. The van der Waals surface area contributed by atoms with Crippen LogP contribution in [0.4, 0.5) is 4.39 Å². The minimum absolute atomic E-state index is 0.0369. The van der Waals surface area contributed by atoms with E-state index < -0.39 is 5.97 Å². The average molecular weight is 349 g/mol. The number of rotatable bonds is 4. The van der Waals surface area contributed by atoms with Crippen LogP contribution in [-0.4, -0.2) is 41.1 Å². The van der Waals surface area contributed by atoms with Crippen molar-refractivity contribution in [1.29, 1.82) is 0 Å². The number of aliphatic carboxylic acids is 1. The number of halogens is 1. The Morgan fingerprint density at radius 1 is 0.960 bits per heavy atom. The molecule has 0 spiro atoms. The van der Waals surface area contributed by atoms with Crippen molar-refractivity contribution in [3.63, 3.8) is 0 Å². The predicted molar refractivity (Wildman–Crippen MR) is 89.7 cm³/mol. The third-order valence-electron chi connectivity index (χ3n) is 5.30. The molecule has 1 N–H and O–H groups in total. The summed E-state index contributed by atoms with van der Waals surface area (Å²) in [5.41, 5.74) is 0. The monoisotopic (exact) mass is 349 g/mol. The highest BCUT2D eigenvalue weighted by Crippen LogP contribution is 2.31. The average Bonchev–Trinajstić information content (AvgIpc) is 2.64. The maximum Gasteiger partial charge on any atom is 0.306 e. The van der Waals surface area contributed by atoms with Crippen molar-refractivity contribution in [2.24, 2.45) is 11.8 Å². The van der Waals surface area contributed by atoms with E-state index in [-0.39, 0.29) is 29.7 Å². The molecule has 3 rings (SSSR count). The van der Waals surface area contributed by atoms with E-state index in [0.717, 1.165) is 12.8 Å². The number of hydrogen-bond donors (Lipinski definition) is 1. The lowest BCUT2D eigenvalue weighted by Gasteiger charge is -2.35. The molecule has 136 valence electrons. The topological polar surface area (TPSA) is 66.8 Å². The van der Waals surface area contributed by atoms with Gasteiger partial charge < -0.3 is 14.7 Å². The van der Waals surface area contributed by atoms with Crippen LogP contribution in [0, 0.1) is 17.7 Å². The van der Waals surface area contributed by atoms with E-state index in [0.29, 0.717) is 44.5 Å². The molecule has 1 aromatic carbocycles. The number of carbonyl (C=O) groups is 2. The number of amides is 1. The fraction of sp³-hybridized carbons (Fsp3) is 0.579. The van der Waals surface area contributed by atoms with Gasteiger partial charge >= 0.3 is 5.97 Å². The van der Waals surface area contributed by atoms with Gasteiger partial charge in [-0.2, -0.15) is 0 Å². The molecule has 0 aromatic heterocycles. The molecule has 2 aliphatic rings. The number of carboxylic acid groups (broad SMARTS) is 1. The molecule has 1 aliphatic carbocycles. The largest absolute Gasteiger partial charge is 0.490 e. The number of ether oxygens (including phenoxy) is 1. The van der Waals surface area contributed by atoms with Crippen molar-refractivity contribution in [3.05, 3.63) is 30.1 Å². The second kappa shape index (κ2) is 7.85. The van der Waals surface area contributed by atoms with E-state index in [1.54, 1.807) is 12.1 Å². The fourth-order valence-corrected chi connectivity index (χ4v) is 3.75. The van der Waals surface area contributed by atoms with E-state index in [4.69, 9.17) is 9.84 Å². The Morgan fingerprint density at radius 3 is 2.08 bits per heavy atom. The maximum atomic E-state index is 12.9. The molecule has 2 fully saturated rings. The van der Waals surface area contributed by atoms with Gasteiger partial charge in [-0.05, 0) is 49.9 Å². The predicted octanol–water partition coefficient (Wildman–Crippen LogP) is 3.09. The van der Waals surface area contributed by atoms with Crippen LogP contribution in [0.2, 0.25) is 0 Å². The highest BCUT2D eigenvalue weighted by atomic mass is 19.1. The Hall–Kier alpha value is -2.11. The molecular weight excluding hydrogens is 325 g/mol. The molecular formula is C19H24FNO4. The lowest BCUT2D eigenvalue weighted by Crippen LogP contribution is -2.45. The Labute approximate surface area is 146 Å². The van der Waals surface area contributed by atoms with Gasteiger partial charge in [0.2, 0.25) is 5.91 Å². The van der Waals surface area contributed by atoms with Crippen LogP contribution >= 0.6 is 0 Å². The number of nitrogens with zero attached hydrogens (tertiary/aromatic N) is 1. The molecule has 5 nitrogen and oxygen atoms in total. The number of benzene rings is 1. The second-order valence-corrected chi connectivity index (χ2v) is 6.98. The van der Waals surface area contributed by atoms with E-state index in [1.807, 2.05) is 4.90 Å². The van der Waals surface area contributed by atoms with E-state index >= 15 is 0 Å². The Bertz CT molecular complexity index is 602. The van der Waals surface area contributed by atoms with Crippen molar-refractivity contribution in [3.8, 4) is 5.75 Å². The zero-order valence-corrected chi connectivity index (χ0v) is 14.2. The second-order valence-electron chi connectivity index (χ2n) is 6.98. The molecule has 6 heteroatoms. The van der Waals surface area contributed by atoms with E-state index in [9.17, 15) is 14.0 Å². The first-order chi connectivity index (χ1) is 12.0. The van der Waals surface area contributed by atoms with Gasteiger partial charge in [0.25, 0.3) is 0 Å². The zero-order chi connectivity index (χ0) is 17.8. The molecule has 1 aromatic rings. The van der Waals surface area contributed by atoms with Crippen LogP contribution in [0.15, 0.2) is 24.3 Å². The molecule has 0 bridgehead atoms. The number of hydrogen-bond acceptors (Lipinski definition) is 3. The first-order valence-corrected chi connectivity index (χ1v) is 8.96. The fourth-order valence-electron chi connectivity index (χ4n) is 3.75. The first-order valence-electron chi connectivity index (χ1n) is 8.96. The van der Waals surface area contributed by atoms with Gasteiger partial charge in [-0.1, -0.05) is 0 Å². The third-order valence-corrected chi connectivity index (χ3v) is 5.30. The molecule has 1 saturated carbocycles. The van der Waals surface area contributed by atoms with Crippen LogP contribution in [0.5, 0.6) is 5.75 Å². The summed E-state index contributed by atoms with van der Waals surface area (Å²) in [6, 6.07) is 5.99. The van der Waals surface area contributed by atoms with Crippen LogP contribution in [-0.2, 0) is 9.59 Å². The van der Waals surface area contributed by atoms with E-state index in [2.05, 4.69) is 0 Å². The summed E-state index contributed by atoms with van der Waals surface area (Å²) >= 11 is 0. The summed E-state index contributed by atoms with van der Waals surface area (Å²) in [7, 11) is 0. The van der Waals surface area contributed by atoms with Gasteiger partial charge in [0, 0.05) is 31.8 Å². The van der Waals surface area contributed by atoms with Crippen LogP contribution < -0.4 is 4.74 Å². The summed E-state index contributed by atoms with van der Waals surface area (Å²) in [5, 5.41) is 9.05. The van der Waals surface area contributed by atoms with E-state index in [1.165, 1.54) is 12.1 Å². The molecule has 0 unspecified atom stereocenters. The van der Waals surface area contributed by atoms with Crippen molar-refractivity contribution in [2.75, 3.05) is 13.1 Å². The third kappa shape index (κ3) is 4.50. The number of carbonyl (C=O) groups excluding carboxylic acids is 1. The van der Waals surface area contributed by atoms with Crippen molar-refractivity contribution in [2.45, 2.75) is 44.6 Å². The Morgan fingerprint density at radius 2 is 1.52 bits per heavy atom. The van der Waals surface area contributed by atoms with Crippen molar-refractivity contribution < 1.29 is 23.8 Å². The summed E-state index contributed by atoms with van der Waals surface area (Å²) < 4.78 is 18.8. The van der Waals surface area contributed by atoms with Crippen LogP contribution in [0.25, 0.3) is 0 Å².